The van der Waals surface area contributed by atoms with E-state index in [9.17, 15) is 23.2 Å². The Hall–Kier alpha value is -2.93. The number of rotatable bonds is 7. The Kier molecular flexibility index (Phi) is 7.34. The number of hydrogen-bond donors (Lipinski definition) is 1. The maximum Gasteiger partial charge on any atom is 0.246 e. The number of nitrogens with zero attached hydrogens (tertiary/aromatic N) is 1. The molecule has 0 spiro atoms. The van der Waals surface area contributed by atoms with Crippen LogP contribution >= 0.6 is 0 Å². The summed E-state index contributed by atoms with van der Waals surface area (Å²) in [7, 11) is 0. The minimum absolute atomic E-state index is 0.0544. The molecule has 0 aliphatic carbocycles. The van der Waals surface area contributed by atoms with E-state index in [4.69, 9.17) is 5.73 Å². The zero-order valence-corrected chi connectivity index (χ0v) is 16.6. The molecule has 7 heteroatoms. The fraction of sp³-hybridized carbons (Fsp3) is 0.318. The van der Waals surface area contributed by atoms with Gasteiger partial charge in [-0.1, -0.05) is 44.2 Å². The number of carbonyl (C=O) groups is 3. The van der Waals surface area contributed by atoms with E-state index in [1.165, 1.54) is 6.92 Å². The maximum atomic E-state index is 13.5. The second-order valence-electron chi connectivity index (χ2n) is 7.22. The highest BCUT2D eigenvalue weighted by atomic mass is 19.1. The van der Waals surface area contributed by atoms with Crippen LogP contribution in [0.25, 0.3) is 0 Å². The van der Waals surface area contributed by atoms with Gasteiger partial charge in [-0.2, -0.15) is 0 Å². The number of imide groups is 1. The lowest BCUT2D eigenvalue weighted by Crippen LogP contribution is -2.50. The van der Waals surface area contributed by atoms with Gasteiger partial charge in [-0.3, -0.25) is 19.3 Å². The monoisotopic (exact) mass is 402 g/mol. The number of amides is 2. The normalized spacial score (nSPS) is 13.1. The third kappa shape index (κ3) is 5.54. The molecule has 2 atom stereocenters. The van der Waals surface area contributed by atoms with Gasteiger partial charge in [-0.05, 0) is 30.2 Å². The molecule has 2 rings (SSSR count). The third-order valence-electron chi connectivity index (χ3n) is 4.39. The van der Waals surface area contributed by atoms with Crippen molar-refractivity contribution >= 4 is 17.6 Å². The molecule has 0 saturated heterocycles. The smallest absolute Gasteiger partial charge is 0.246 e. The average Bonchev–Trinajstić information content (AvgIpc) is 2.64. The van der Waals surface area contributed by atoms with E-state index in [-0.39, 0.29) is 11.3 Å². The van der Waals surface area contributed by atoms with E-state index < -0.39 is 47.9 Å². The van der Waals surface area contributed by atoms with Crippen LogP contribution in [0.15, 0.2) is 48.5 Å². The summed E-state index contributed by atoms with van der Waals surface area (Å²) in [5, 5.41) is 0. The first kappa shape index (κ1) is 22.4. The molecule has 0 heterocycles. The minimum Gasteiger partial charge on any atom is -0.320 e. The Morgan fingerprint density at radius 1 is 0.966 bits per heavy atom. The lowest BCUT2D eigenvalue weighted by molar-refractivity contribution is -0.152. The van der Waals surface area contributed by atoms with Crippen LogP contribution in [-0.4, -0.2) is 28.5 Å². The van der Waals surface area contributed by atoms with Crippen LogP contribution in [0.2, 0.25) is 0 Å². The summed E-state index contributed by atoms with van der Waals surface area (Å²) >= 11 is 0. The van der Waals surface area contributed by atoms with E-state index in [2.05, 4.69) is 0 Å². The number of nitrogens with two attached hydrogens (primary N) is 1. The van der Waals surface area contributed by atoms with Gasteiger partial charge in [0.2, 0.25) is 11.8 Å². The Balaban J connectivity index is 2.52. The standard InChI is InChI=1S/C22H24F2N2O3/c1-13(2)21(28)20(16-7-5-4-6-8-16)26(22(29)14(3)25)19(27)11-15-9-17(23)12-18(24)10-15/h4-10,12-14,20H,11,25H2,1-3H3/t14-,20?/m0/s1. The van der Waals surface area contributed by atoms with Crippen molar-refractivity contribution in [1.82, 2.24) is 4.90 Å². The van der Waals surface area contributed by atoms with Crippen LogP contribution in [0, 0.1) is 17.6 Å². The molecule has 2 aromatic carbocycles. The van der Waals surface area contributed by atoms with Crippen molar-refractivity contribution in [2.75, 3.05) is 0 Å². The van der Waals surface area contributed by atoms with Crippen molar-refractivity contribution in [1.29, 1.82) is 0 Å². The molecule has 0 bridgehead atoms. The van der Waals surface area contributed by atoms with Gasteiger partial charge in [0.1, 0.15) is 17.7 Å². The van der Waals surface area contributed by atoms with E-state index in [1.54, 1.807) is 44.2 Å². The number of halogens is 2. The van der Waals surface area contributed by atoms with Gasteiger partial charge in [-0.15, -0.1) is 0 Å². The largest absolute Gasteiger partial charge is 0.320 e. The molecule has 154 valence electrons. The first-order chi connectivity index (χ1) is 13.6. The molecule has 2 N–H and O–H groups in total. The third-order valence-corrected chi connectivity index (χ3v) is 4.39. The fourth-order valence-corrected chi connectivity index (χ4v) is 2.98. The molecule has 5 nitrogen and oxygen atoms in total. The molecule has 0 aliphatic heterocycles. The van der Waals surface area contributed by atoms with E-state index in [1.807, 2.05) is 0 Å². The lowest BCUT2D eigenvalue weighted by Gasteiger charge is -2.32. The predicted molar refractivity (Wildman–Crippen MR) is 105 cm³/mol. The van der Waals surface area contributed by atoms with Crippen LogP contribution in [-0.2, 0) is 20.8 Å². The SMILES string of the molecule is CC(C)C(=O)C(c1ccccc1)N(C(=O)Cc1cc(F)cc(F)c1)C(=O)[C@H](C)N. The number of benzene rings is 2. The Labute approximate surface area is 168 Å². The first-order valence-corrected chi connectivity index (χ1v) is 9.27. The number of hydrogen-bond acceptors (Lipinski definition) is 4. The second kappa shape index (κ2) is 9.52. The molecular formula is C22H24F2N2O3. The molecule has 2 amide bonds. The molecule has 29 heavy (non-hydrogen) atoms. The maximum absolute atomic E-state index is 13.5. The van der Waals surface area contributed by atoms with Crippen molar-refractivity contribution in [3.63, 3.8) is 0 Å². The van der Waals surface area contributed by atoms with E-state index >= 15 is 0 Å². The zero-order valence-electron chi connectivity index (χ0n) is 16.6. The van der Waals surface area contributed by atoms with E-state index in [0.717, 1.165) is 17.0 Å². The summed E-state index contributed by atoms with van der Waals surface area (Å²) in [6.07, 6.45) is -0.456. The Morgan fingerprint density at radius 2 is 1.52 bits per heavy atom. The molecule has 0 radical (unpaired) electrons. The summed E-state index contributed by atoms with van der Waals surface area (Å²) in [6, 6.07) is 8.89. The zero-order chi connectivity index (χ0) is 21.7. The highest BCUT2D eigenvalue weighted by Gasteiger charge is 2.37. The first-order valence-electron chi connectivity index (χ1n) is 9.27. The predicted octanol–water partition coefficient (Wildman–Crippen LogP) is 3.18. The van der Waals surface area contributed by atoms with Gasteiger partial charge in [0.05, 0.1) is 12.5 Å². The van der Waals surface area contributed by atoms with Gasteiger partial charge < -0.3 is 5.73 Å². The van der Waals surface area contributed by atoms with Crippen molar-refractivity contribution < 1.29 is 23.2 Å². The fourth-order valence-electron chi connectivity index (χ4n) is 2.98. The van der Waals surface area contributed by atoms with Crippen LogP contribution < -0.4 is 5.73 Å². The lowest BCUT2D eigenvalue weighted by atomic mass is 9.93. The van der Waals surface area contributed by atoms with Crippen molar-refractivity contribution in [3.05, 3.63) is 71.3 Å². The summed E-state index contributed by atoms with van der Waals surface area (Å²) in [5.74, 6) is -3.99. The topological polar surface area (TPSA) is 80.5 Å². The van der Waals surface area contributed by atoms with Crippen LogP contribution in [0.3, 0.4) is 0 Å². The van der Waals surface area contributed by atoms with Gasteiger partial charge >= 0.3 is 0 Å². The van der Waals surface area contributed by atoms with Crippen LogP contribution in [0.4, 0.5) is 8.78 Å². The molecule has 0 aromatic heterocycles. The molecule has 2 aromatic rings. The summed E-state index contributed by atoms with van der Waals surface area (Å²) in [4.78, 5) is 39.7. The number of ketones is 1. The van der Waals surface area contributed by atoms with Crippen molar-refractivity contribution in [2.24, 2.45) is 11.7 Å². The second-order valence-corrected chi connectivity index (χ2v) is 7.22. The summed E-state index contributed by atoms with van der Waals surface area (Å²) < 4.78 is 27.0. The van der Waals surface area contributed by atoms with E-state index in [0.29, 0.717) is 11.6 Å². The van der Waals surface area contributed by atoms with Gasteiger partial charge in [0.25, 0.3) is 0 Å². The number of Topliss-reactive ketones (excluding diaryl/α,β-unsaturated/α-hetero) is 1. The molecule has 0 aliphatic rings. The molecular weight excluding hydrogens is 378 g/mol. The van der Waals surface area contributed by atoms with Gasteiger partial charge in [0.15, 0.2) is 5.78 Å². The summed E-state index contributed by atoms with van der Waals surface area (Å²) in [6.45, 7) is 4.74. The minimum atomic E-state index is -1.18. The molecule has 0 fully saturated rings. The Morgan fingerprint density at radius 3 is 2.00 bits per heavy atom. The molecule has 0 saturated carbocycles. The van der Waals surface area contributed by atoms with Crippen molar-refractivity contribution in [3.8, 4) is 0 Å². The number of carbonyl (C=O) groups excluding carboxylic acids is 3. The Bertz CT molecular complexity index is 878. The highest BCUT2D eigenvalue weighted by Crippen LogP contribution is 2.27. The van der Waals surface area contributed by atoms with Gasteiger partial charge in [0, 0.05) is 12.0 Å². The highest BCUT2D eigenvalue weighted by molar-refractivity contribution is 6.03. The summed E-state index contributed by atoms with van der Waals surface area (Å²) in [5.41, 5.74) is 6.25. The van der Waals surface area contributed by atoms with Crippen LogP contribution in [0.5, 0.6) is 0 Å². The molecule has 1 unspecified atom stereocenters. The van der Waals surface area contributed by atoms with Crippen molar-refractivity contribution in [2.45, 2.75) is 39.3 Å². The quantitative estimate of drug-likeness (QED) is 0.771. The van der Waals surface area contributed by atoms with Gasteiger partial charge in [-0.25, -0.2) is 8.78 Å². The van der Waals surface area contributed by atoms with Crippen LogP contribution in [0.1, 0.15) is 37.9 Å². The average molecular weight is 402 g/mol.